The van der Waals surface area contributed by atoms with Crippen LogP contribution in [-0.4, -0.2) is 115 Å². The third-order valence-electron chi connectivity index (χ3n) is 11.8. The number of nitrogens with zero attached hydrogens (tertiary/aromatic N) is 3. The van der Waals surface area contributed by atoms with E-state index in [0.29, 0.717) is 36.1 Å². The van der Waals surface area contributed by atoms with Gasteiger partial charge in [0, 0.05) is 72.7 Å². The third kappa shape index (κ3) is 22.8. The number of ether oxygens (including phenoxy) is 5. The first-order valence-corrected chi connectivity index (χ1v) is 26.7. The second kappa shape index (κ2) is 37.0. The zero-order valence-electron chi connectivity index (χ0n) is 47.1. The van der Waals surface area contributed by atoms with E-state index in [2.05, 4.69) is 63.2 Å². The number of aliphatic carboxylic acids is 1. The normalized spacial score (nSPS) is 12.8. The fourth-order valence-electron chi connectivity index (χ4n) is 7.65. The third-order valence-corrected chi connectivity index (χ3v) is 12.2. The maximum atomic E-state index is 12.9. The molecule has 0 saturated heterocycles. The van der Waals surface area contributed by atoms with Crippen LogP contribution in [0.25, 0.3) is 22.5 Å². The summed E-state index contributed by atoms with van der Waals surface area (Å²) in [4.78, 5) is 46.1. The molecular formula is C62H70BrLiN6O12. The van der Waals surface area contributed by atoms with E-state index in [-0.39, 0.29) is 47.0 Å². The van der Waals surface area contributed by atoms with Crippen molar-refractivity contribution in [3.63, 3.8) is 0 Å². The van der Waals surface area contributed by atoms with Gasteiger partial charge in [-0.1, -0.05) is 149 Å². The number of esters is 2. The Morgan fingerprint density at radius 2 is 0.939 bits per heavy atom. The Morgan fingerprint density at radius 1 is 0.549 bits per heavy atom. The molecule has 82 heavy (non-hydrogen) atoms. The van der Waals surface area contributed by atoms with Gasteiger partial charge in [0.25, 0.3) is 5.91 Å². The Balaban J connectivity index is 0.000000274. The van der Waals surface area contributed by atoms with Crippen LogP contribution in [0.4, 0.5) is 0 Å². The summed E-state index contributed by atoms with van der Waals surface area (Å²) in [6, 6.07) is 56.6. The van der Waals surface area contributed by atoms with E-state index in [1.54, 1.807) is 81.4 Å². The van der Waals surface area contributed by atoms with Crippen LogP contribution in [0.3, 0.4) is 0 Å². The van der Waals surface area contributed by atoms with Crippen LogP contribution in [0.5, 0.6) is 23.0 Å². The molecular weight excluding hydrogens is 1110 g/mol. The van der Waals surface area contributed by atoms with Gasteiger partial charge in [-0.3, -0.25) is 19.8 Å². The summed E-state index contributed by atoms with van der Waals surface area (Å²) in [5, 5.41) is 35.7. The van der Waals surface area contributed by atoms with E-state index >= 15 is 0 Å². The molecule has 6 N–H and O–H groups in total. The number of halogens is 1. The molecule has 0 saturated carbocycles. The monoisotopic (exact) mass is 1180 g/mol. The average Bonchev–Trinajstić information content (AvgIpc) is 4.09. The molecule has 0 bridgehead atoms. The van der Waals surface area contributed by atoms with Crippen LogP contribution in [0.15, 0.2) is 182 Å². The molecule has 4 atom stereocenters. The van der Waals surface area contributed by atoms with Crippen molar-refractivity contribution in [3.8, 4) is 45.5 Å². The number of phenolic OH excluding ortho intramolecular Hbond substituents is 1. The first-order chi connectivity index (χ1) is 38.7. The van der Waals surface area contributed by atoms with Gasteiger partial charge >= 0.3 is 36.8 Å². The van der Waals surface area contributed by atoms with E-state index in [9.17, 15) is 19.2 Å². The maximum absolute atomic E-state index is 12.9. The number of hydrogen-bond acceptors (Lipinski definition) is 14. The average molecular weight is 1180 g/mol. The van der Waals surface area contributed by atoms with Gasteiger partial charge < -0.3 is 49.6 Å². The van der Waals surface area contributed by atoms with Crippen LogP contribution < -0.4 is 38.4 Å². The van der Waals surface area contributed by atoms with Gasteiger partial charge in [-0.05, 0) is 76.2 Å². The summed E-state index contributed by atoms with van der Waals surface area (Å²) < 4.78 is 25.0. The van der Waals surface area contributed by atoms with E-state index in [1.165, 1.54) is 38.0 Å². The number of nitrogens with one attached hydrogen (secondary N) is 3. The first-order valence-electron chi connectivity index (χ1n) is 25.8. The summed E-state index contributed by atoms with van der Waals surface area (Å²) in [5.41, 5.74) is 9.10. The molecule has 8 aromatic rings. The number of aromatic amines is 2. The number of rotatable bonds is 12. The van der Waals surface area contributed by atoms with Crippen molar-refractivity contribution in [2.75, 3.05) is 27.3 Å². The van der Waals surface area contributed by atoms with Crippen molar-refractivity contribution in [2.45, 2.75) is 76.8 Å². The molecule has 2 aliphatic heterocycles. The number of carboxylic acid groups (broad SMARTS) is 1. The number of hydrogen-bond donors (Lipinski definition) is 5. The number of amides is 1. The first kappa shape index (κ1) is 68.1. The smallest absolute Gasteiger partial charge is 0.870 e. The van der Waals surface area contributed by atoms with Crippen LogP contribution in [0.1, 0.15) is 50.2 Å². The Hall–Kier alpha value is -8.18. The van der Waals surface area contributed by atoms with Gasteiger partial charge in [-0.15, -0.1) is 0 Å². The van der Waals surface area contributed by atoms with Crippen molar-refractivity contribution in [3.05, 3.63) is 205 Å². The number of methoxy groups -OCH3 is 2. The Labute approximate surface area is 499 Å². The van der Waals surface area contributed by atoms with Gasteiger partial charge in [0.1, 0.15) is 27.8 Å². The molecule has 0 spiro atoms. The van der Waals surface area contributed by atoms with Crippen molar-refractivity contribution in [2.24, 2.45) is 0 Å². The molecule has 0 aliphatic carbocycles. The quantitative estimate of drug-likeness (QED) is 0.0451. The second-order valence-corrected chi connectivity index (χ2v) is 19.2. The van der Waals surface area contributed by atoms with E-state index < -0.39 is 24.3 Å². The van der Waals surface area contributed by atoms with Crippen molar-refractivity contribution in [1.82, 2.24) is 30.6 Å². The van der Waals surface area contributed by atoms with E-state index in [4.69, 9.17) is 24.4 Å². The van der Waals surface area contributed by atoms with Crippen LogP contribution in [0, 0.1) is 0 Å². The minimum absolute atomic E-state index is 0. The number of para-hydroxylation sites is 4. The number of fused-ring (bicyclic) bond motifs is 2. The van der Waals surface area contributed by atoms with Gasteiger partial charge in [0.05, 0.1) is 25.6 Å². The van der Waals surface area contributed by atoms with Gasteiger partial charge in [0.2, 0.25) is 0 Å². The topological polar surface area (TPSA) is 258 Å². The molecule has 0 radical (unpaired) electrons. The molecule has 428 valence electrons. The zero-order chi connectivity index (χ0) is 57.7. The van der Waals surface area contributed by atoms with Crippen LogP contribution >= 0.6 is 15.9 Å². The Morgan fingerprint density at radius 3 is 1.33 bits per heavy atom. The zero-order valence-corrected chi connectivity index (χ0v) is 48.7. The molecule has 6 aromatic carbocycles. The Kier molecular flexibility index (Phi) is 30.7. The van der Waals surface area contributed by atoms with Gasteiger partial charge in [0.15, 0.2) is 18.3 Å². The summed E-state index contributed by atoms with van der Waals surface area (Å²) in [7, 11) is 2.70. The molecule has 18 nitrogen and oxygen atoms in total. The summed E-state index contributed by atoms with van der Waals surface area (Å²) in [5.74, 6) is 0.706. The van der Waals surface area contributed by atoms with Crippen LogP contribution in [0.2, 0.25) is 0 Å². The Bertz CT molecular complexity index is 3070. The number of aromatic nitrogens is 4. The minimum atomic E-state index is -0.959. The number of carbonyl (C=O) groups is 4. The van der Waals surface area contributed by atoms with Crippen molar-refractivity contribution in [1.29, 1.82) is 0 Å². The number of carboxylic acids is 1. The number of carbonyl (C=O) groups excluding carboxylic acids is 3. The molecule has 4 heterocycles. The number of H-pyrrole nitrogens is 2. The number of benzene rings is 6. The number of phenols is 1. The van der Waals surface area contributed by atoms with Gasteiger partial charge in [-0.2, -0.15) is 10.2 Å². The molecule has 2 aromatic heterocycles. The largest absolute Gasteiger partial charge is 1.00 e. The van der Waals surface area contributed by atoms with E-state index in [1.807, 2.05) is 114 Å². The van der Waals surface area contributed by atoms with E-state index in [0.717, 1.165) is 54.1 Å². The fraction of sp³-hybridized carbons (Fsp3) is 0.258. The predicted molar refractivity (Wildman–Crippen MR) is 312 cm³/mol. The fourth-order valence-corrected chi connectivity index (χ4v) is 7.84. The van der Waals surface area contributed by atoms with Gasteiger partial charge in [-0.25, -0.2) is 9.59 Å². The predicted octanol–water partition coefficient (Wildman–Crippen LogP) is 7.48. The molecule has 10 rings (SSSR count). The molecule has 20 heteroatoms. The molecule has 4 unspecified atom stereocenters. The van der Waals surface area contributed by atoms with Crippen LogP contribution in [-0.2, 0) is 54.6 Å². The second-order valence-electron chi connectivity index (χ2n) is 17.8. The standard InChI is InChI=1S/C21H21N3O2.C12H13N3.C10H12O3.C9H10O3.C6H6O.C4H7BrO2.Li.H2O/c1-15(26-17-10-6-3-7-11-17)21(25)24-13-12-19-18(14-24)20(23-22-19)16-8-4-2-5-9-16;1-2-4-9(5-3-1)12-10-8-13-7-6-11(10)14-15-12;1-8(10(11)12-2)13-9-6-4-3-5-7-9;1-7(9(10)11)12-8-5-3-2-4-6-8;7-6-4-2-1-3-5-6;1-3(5)4(6)7-2;;/h2-11,15H,12-14H2,1H3,(H,22,23);1-5,13H,6-8H2,(H,14,15);3-8H,1-2H3;2-7H,1H3,(H,10,11);1-5,7H;3H,1-2H3;;1H2/q;;;;;;+1;/p-1. The molecule has 0 fully saturated rings. The number of aromatic hydroxyl groups is 1. The number of alkyl halides is 1. The summed E-state index contributed by atoms with van der Waals surface area (Å²) >= 11 is 3.03. The summed E-state index contributed by atoms with van der Waals surface area (Å²) in [6.45, 7) is 9.86. The maximum Gasteiger partial charge on any atom is 1.00 e. The van der Waals surface area contributed by atoms with Crippen molar-refractivity contribution >= 4 is 39.7 Å². The minimum Gasteiger partial charge on any atom is -0.870 e. The SMILES string of the molecule is CC(Oc1ccccc1)C(=O)N1CCc2[nH]nc(-c3ccccc3)c2C1.CC(Oc1ccccc1)C(=O)O.COC(=O)C(C)Br.COC(=O)C(C)Oc1ccccc1.Oc1ccccc1.[Li+].[OH-].c1ccc(-c2n[nH]c3c2CNCC3)cc1. The molecule has 2 aliphatic rings. The molecule has 1 amide bonds. The summed E-state index contributed by atoms with van der Waals surface area (Å²) in [6.07, 6.45) is -0.0560. The van der Waals surface area contributed by atoms with Crippen molar-refractivity contribution < 1.29 is 77.4 Å².